The maximum absolute atomic E-state index is 13.1. The van der Waals surface area contributed by atoms with Crippen molar-refractivity contribution in [1.29, 1.82) is 0 Å². The van der Waals surface area contributed by atoms with Crippen LogP contribution in [0.1, 0.15) is 54.7 Å². The zero-order valence-electron chi connectivity index (χ0n) is 23.5. The Morgan fingerprint density at radius 2 is 1.60 bits per heavy atom. The average molecular weight is 545 g/mol. The molecule has 5 rings (SSSR count). The van der Waals surface area contributed by atoms with E-state index >= 15 is 0 Å². The van der Waals surface area contributed by atoms with Crippen LogP contribution in [0.5, 0.6) is 11.5 Å². The molecule has 2 heterocycles. The van der Waals surface area contributed by atoms with Gasteiger partial charge in [0.1, 0.15) is 11.5 Å². The largest absolute Gasteiger partial charge is 0.481 e. The molecule has 3 aromatic rings. The molecule has 1 unspecified atom stereocenters. The molecule has 1 atom stereocenters. The van der Waals surface area contributed by atoms with Gasteiger partial charge in [-0.2, -0.15) is 0 Å². The molecule has 0 fully saturated rings. The molecule has 0 amide bonds. The van der Waals surface area contributed by atoms with Gasteiger partial charge in [0.05, 0.1) is 12.2 Å². The van der Waals surface area contributed by atoms with Gasteiger partial charge in [0.15, 0.2) is 5.60 Å². The van der Waals surface area contributed by atoms with Crippen molar-refractivity contribution in [3.05, 3.63) is 95.7 Å². The summed E-state index contributed by atoms with van der Waals surface area (Å²) in [6, 6.07) is 19.8. The first-order valence-electron chi connectivity index (χ1n) is 13.5. The van der Waals surface area contributed by atoms with Crippen molar-refractivity contribution in [3.8, 4) is 11.5 Å². The first kappa shape index (κ1) is 28.7. The number of fused-ring (bicyclic) bond motifs is 6. The third-order valence-electron chi connectivity index (χ3n) is 7.03. The maximum Gasteiger partial charge on any atom is 0.340 e. The molecule has 0 radical (unpaired) electrons. The molecule has 0 aliphatic carbocycles. The normalized spacial score (nSPS) is 15.9. The summed E-state index contributed by atoms with van der Waals surface area (Å²) < 4.78 is 18.4. The molecule has 0 saturated heterocycles. The van der Waals surface area contributed by atoms with Crippen molar-refractivity contribution < 1.29 is 28.9 Å². The summed E-state index contributed by atoms with van der Waals surface area (Å²) in [4.78, 5) is 26.4. The highest BCUT2D eigenvalue weighted by molar-refractivity contribution is 5.97. The zero-order chi connectivity index (χ0) is 28.9. The minimum atomic E-state index is -1.07. The lowest BCUT2D eigenvalue weighted by molar-refractivity contribution is -0.134. The van der Waals surface area contributed by atoms with E-state index in [1.807, 2.05) is 66.4 Å². The maximum atomic E-state index is 13.1. The topological polar surface area (TPSA) is 88.5 Å². The molecule has 2 aliphatic rings. The van der Waals surface area contributed by atoms with Crippen molar-refractivity contribution in [2.45, 2.75) is 33.3 Å². The van der Waals surface area contributed by atoms with Gasteiger partial charge in [0.2, 0.25) is 0 Å². The van der Waals surface area contributed by atoms with E-state index in [2.05, 4.69) is 31.4 Å². The zero-order valence-corrected chi connectivity index (χ0v) is 23.5. The number of esters is 1. The number of benzene rings is 3. The number of carboxylic acid groups (broad SMARTS) is 1. The highest BCUT2D eigenvalue weighted by atomic mass is 16.6. The third kappa shape index (κ3) is 5.27. The Hall–Kier alpha value is -4.30. The first-order chi connectivity index (χ1) is 19.3. The number of hydrogen-bond acceptors (Lipinski definition) is 7. The fraction of sp³-hybridized carbons (Fsp3) is 0.312. The van der Waals surface area contributed by atoms with Crippen LogP contribution >= 0.6 is 0 Å². The van der Waals surface area contributed by atoms with E-state index in [1.54, 1.807) is 6.20 Å². The summed E-state index contributed by atoms with van der Waals surface area (Å²) >= 11 is 0. The number of rotatable bonds is 9. The van der Waals surface area contributed by atoms with Gasteiger partial charge >= 0.3 is 5.97 Å². The van der Waals surface area contributed by atoms with Gasteiger partial charge in [-0.3, -0.25) is 4.79 Å². The molecule has 0 aromatic heterocycles. The lowest BCUT2D eigenvalue weighted by Gasteiger charge is -2.37. The molecule has 0 bridgehead atoms. The smallest absolute Gasteiger partial charge is 0.340 e. The number of carbonyl (C=O) groups is 2. The summed E-state index contributed by atoms with van der Waals surface area (Å²) in [7, 11) is 0. The van der Waals surface area contributed by atoms with E-state index in [0.717, 1.165) is 54.6 Å². The van der Waals surface area contributed by atoms with Crippen LogP contribution in [0.4, 0.5) is 11.4 Å². The Morgan fingerprint density at radius 3 is 2.20 bits per heavy atom. The summed E-state index contributed by atoms with van der Waals surface area (Å²) in [5.41, 5.74) is 3.98. The van der Waals surface area contributed by atoms with Gasteiger partial charge in [-0.1, -0.05) is 24.8 Å². The summed E-state index contributed by atoms with van der Waals surface area (Å²) in [6.07, 6.45) is 1.80. The third-order valence-corrected chi connectivity index (χ3v) is 7.03. The molecule has 40 heavy (non-hydrogen) atoms. The lowest BCUT2D eigenvalue weighted by Crippen LogP contribution is -2.33. The lowest BCUT2D eigenvalue weighted by atomic mass is 9.77. The van der Waals surface area contributed by atoms with Crippen molar-refractivity contribution in [2.75, 3.05) is 42.6 Å². The van der Waals surface area contributed by atoms with Gasteiger partial charge in [-0.05, 0) is 57.3 Å². The predicted octanol–water partition coefficient (Wildman–Crippen LogP) is 6.18. The van der Waals surface area contributed by atoms with E-state index in [1.165, 1.54) is 0 Å². The summed E-state index contributed by atoms with van der Waals surface area (Å²) in [6.45, 7) is 14.9. The van der Waals surface area contributed by atoms with E-state index in [4.69, 9.17) is 24.1 Å². The summed E-state index contributed by atoms with van der Waals surface area (Å²) in [5.74, 6) is 0.184. The highest BCUT2D eigenvalue weighted by Gasteiger charge is 2.53. The number of carboxylic acids is 1. The molecule has 0 saturated carbocycles. The van der Waals surface area contributed by atoms with E-state index < -0.39 is 11.6 Å². The Balaban J connectivity index is 0.000000867. The number of carbonyl (C=O) groups excluding carboxylic acids is 1. The van der Waals surface area contributed by atoms with Crippen LogP contribution in [0.25, 0.3) is 0 Å². The van der Waals surface area contributed by atoms with Crippen LogP contribution < -0.4 is 14.5 Å². The first-order valence-corrected chi connectivity index (χ1v) is 13.5. The molecule has 1 spiro atoms. The van der Waals surface area contributed by atoms with Gasteiger partial charge in [0, 0.05) is 73.4 Å². The molecule has 8 heteroatoms. The fourth-order valence-corrected chi connectivity index (χ4v) is 5.23. The number of nitrogens with zero attached hydrogens (tertiary/aromatic N) is 2. The van der Waals surface area contributed by atoms with Crippen LogP contribution in [0, 0.1) is 0 Å². The summed E-state index contributed by atoms with van der Waals surface area (Å²) in [5, 5.41) is 7.42. The van der Waals surface area contributed by atoms with Gasteiger partial charge in [0.25, 0.3) is 5.97 Å². The van der Waals surface area contributed by atoms with Gasteiger partial charge < -0.3 is 29.1 Å². The predicted molar refractivity (Wildman–Crippen MR) is 156 cm³/mol. The SMILES string of the molecule is C=CN(CC)c1ccc2c(c1)Oc1cc(N(CC)CCOCC)ccc1C21OC(=O)c2ccccc21.CC(=O)O. The standard InChI is InChI=1S/C30H32N2O4.C2H4O2/c1-5-31(6-2)21-13-15-25-27(19-21)35-28-20-22(32(7-3)17-18-34-8-4)14-16-26(28)30(25)24-12-10-9-11-23(24)29(33)36-30;1-2(3)4/h5,9-16,19-20H,1,6-8,17-18H2,2-4H3;1H3,(H,3,4). The van der Waals surface area contributed by atoms with Crippen molar-refractivity contribution >= 4 is 23.3 Å². The monoisotopic (exact) mass is 544 g/mol. The van der Waals surface area contributed by atoms with Crippen LogP contribution in [-0.2, 0) is 19.9 Å². The molecule has 210 valence electrons. The second-order valence-corrected chi connectivity index (χ2v) is 9.34. The number of aliphatic carboxylic acids is 1. The van der Waals surface area contributed by atoms with Gasteiger partial charge in [-0.15, -0.1) is 0 Å². The van der Waals surface area contributed by atoms with Crippen molar-refractivity contribution in [3.63, 3.8) is 0 Å². The molecule has 3 aromatic carbocycles. The Bertz CT molecular complexity index is 1400. The minimum Gasteiger partial charge on any atom is -0.481 e. The number of hydrogen-bond donors (Lipinski definition) is 1. The number of likely N-dealkylation sites (N-methyl/N-ethyl adjacent to an activating group) is 1. The number of anilines is 2. The van der Waals surface area contributed by atoms with Crippen molar-refractivity contribution in [1.82, 2.24) is 0 Å². The fourth-order valence-electron chi connectivity index (χ4n) is 5.23. The Morgan fingerprint density at radius 1 is 0.975 bits per heavy atom. The average Bonchev–Trinajstić information content (AvgIpc) is 3.24. The van der Waals surface area contributed by atoms with E-state index in [9.17, 15) is 4.79 Å². The second kappa shape index (κ2) is 12.3. The number of ether oxygens (including phenoxy) is 3. The molecule has 1 N–H and O–H groups in total. The van der Waals surface area contributed by atoms with Crippen LogP contribution in [0.15, 0.2) is 73.4 Å². The van der Waals surface area contributed by atoms with E-state index in [-0.39, 0.29) is 5.97 Å². The second-order valence-electron chi connectivity index (χ2n) is 9.34. The van der Waals surface area contributed by atoms with Crippen LogP contribution in [0.2, 0.25) is 0 Å². The molecular weight excluding hydrogens is 508 g/mol. The van der Waals surface area contributed by atoms with Gasteiger partial charge in [-0.25, -0.2) is 4.79 Å². The highest BCUT2D eigenvalue weighted by Crippen LogP contribution is 2.57. The Labute approximate surface area is 235 Å². The molecular formula is C32H36N2O6. The minimum absolute atomic E-state index is 0.328. The Kier molecular flexibility index (Phi) is 8.80. The molecule has 8 nitrogen and oxygen atoms in total. The van der Waals surface area contributed by atoms with Crippen LogP contribution in [0.3, 0.4) is 0 Å². The van der Waals surface area contributed by atoms with E-state index in [0.29, 0.717) is 30.3 Å². The van der Waals surface area contributed by atoms with Crippen molar-refractivity contribution in [2.24, 2.45) is 0 Å². The quantitative estimate of drug-likeness (QED) is 0.252. The van der Waals surface area contributed by atoms with Crippen LogP contribution in [-0.4, -0.2) is 49.9 Å². The molecule has 2 aliphatic heterocycles.